The summed E-state index contributed by atoms with van der Waals surface area (Å²) in [6.45, 7) is 0. The van der Waals surface area contributed by atoms with Gasteiger partial charge >= 0.3 is 0 Å². The lowest BCUT2D eigenvalue weighted by Gasteiger charge is -2.17. The lowest BCUT2D eigenvalue weighted by atomic mass is 9.86. The SMILES string of the molecule is N#Cc1ccc(-c2ccc3c4c(ccc(-c5cccc6c5ccc5ccc(-c7nc(-c8ccccc8)cc(-c8ccccc8)n7)cc56)c24)-c2ccccc2-3)cc1. The first-order valence-corrected chi connectivity index (χ1v) is 18.9. The second-order valence-corrected chi connectivity index (χ2v) is 14.4. The van der Waals surface area contributed by atoms with Crippen molar-refractivity contribution < 1.29 is 0 Å². The van der Waals surface area contributed by atoms with Crippen LogP contribution in [-0.2, 0) is 0 Å². The molecule has 10 aromatic rings. The maximum atomic E-state index is 9.56. The van der Waals surface area contributed by atoms with Crippen LogP contribution in [0.2, 0.25) is 0 Å². The van der Waals surface area contributed by atoms with Crippen molar-refractivity contribution in [1.82, 2.24) is 9.97 Å². The molecule has 3 nitrogen and oxygen atoms in total. The van der Waals surface area contributed by atoms with Gasteiger partial charge in [-0.3, -0.25) is 0 Å². The molecular weight excluding hydrogens is 679 g/mol. The molecule has 0 atom stereocenters. The summed E-state index contributed by atoms with van der Waals surface area (Å²) in [5.74, 6) is 0.694. The topological polar surface area (TPSA) is 49.6 Å². The van der Waals surface area contributed by atoms with Gasteiger partial charge in [-0.25, -0.2) is 9.97 Å². The van der Waals surface area contributed by atoms with Gasteiger partial charge in [-0.15, -0.1) is 0 Å². The van der Waals surface area contributed by atoms with Crippen LogP contribution in [0.5, 0.6) is 0 Å². The Morgan fingerprint density at radius 1 is 0.339 bits per heavy atom. The molecule has 1 heterocycles. The predicted octanol–water partition coefficient (Wildman–Crippen LogP) is 13.8. The average Bonchev–Trinajstić information content (AvgIpc) is 3.61. The van der Waals surface area contributed by atoms with E-state index in [4.69, 9.17) is 9.97 Å². The number of benzene rings is 9. The summed E-state index contributed by atoms with van der Waals surface area (Å²) in [6, 6.07) is 68.6. The molecule has 0 spiro atoms. The molecule has 3 heteroatoms. The Bertz CT molecular complexity index is 3140. The Morgan fingerprint density at radius 2 is 0.875 bits per heavy atom. The average molecular weight is 710 g/mol. The smallest absolute Gasteiger partial charge is 0.160 e. The minimum atomic E-state index is 0.654. The molecule has 9 aromatic carbocycles. The molecule has 56 heavy (non-hydrogen) atoms. The second kappa shape index (κ2) is 12.7. The molecule has 0 fully saturated rings. The Labute approximate surface area is 324 Å². The van der Waals surface area contributed by atoms with Gasteiger partial charge in [-0.1, -0.05) is 164 Å². The third-order valence-corrected chi connectivity index (χ3v) is 11.3. The fraction of sp³-hybridized carbons (Fsp3) is 0. The zero-order valence-corrected chi connectivity index (χ0v) is 30.2. The molecule has 1 aromatic heterocycles. The van der Waals surface area contributed by atoms with E-state index in [9.17, 15) is 5.26 Å². The van der Waals surface area contributed by atoms with Crippen molar-refractivity contribution in [3.8, 4) is 84.5 Å². The first kappa shape index (κ1) is 31.8. The quantitative estimate of drug-likeness (QED) is 0.167. The standard InChI is InChI=1S/C53H31N3/c54-32-33-18-20-34(21-19-33)39-26-27-46-40-14-7-8-15-41(40)47-29-28-45(51(39)52(46)47)42-16-9-17-43-44(42)25-24-35-22-23-38(30-48(35)43)53-55-49(36-10-3-1-4-11-36)31-50(56-53)37-12-5-2-6-13-37/h1-31H. The van der Waals surface area contributed by atoms with Crippen LogP contribution in [0.4, 0.5) is 0 Å². The number of fused-ring (bicyclic) bond motifs is 6. The Morgan fingerprint density at radius 3 is 1.52 bits per heavy atom. The fourth-order valence-electron chi connectivity index (χ4n) is 8.64. The summed E-state index contributed by atoms with van der Waals surface area (Å²) in [5, 5.41) is 16.7. The summed E-state index contributed by atoms with van der Waals surface area (Å²) in [6.07, 6.45) is 0. The number of hydrogen-bond donors (Lipinski definition) is 0. The van der Waals surface area contributed by atoms with Crippen LogP contribution >= 0.6 is 0 Å². The first-order valence-electron chi connectivity index (χ1n) is 18.9. The van der Waals surface area contributed by atoms with E-state index in [2.05, 4.69) is 146 Å². The number of aromatic nitrogens is 2. The van der Waals surface area contributed by atoms with Gasteiger partial charge in [0.05, 0.1) is 23.0 Å². The van der Waals surface area contributed by atoms with Crippen LogP contribution in [0.3, 0.4) is 0 Å². The van der Waals surface area contributed by atoms with Gasteiger partial charge in [-0.2, -0.15) is 5.26 Å². The van der Waals surface area contributed by atoms with Crippen LogP contribution in [0.15, 0.2) is 188 Å². The molecule has 0 N–H and O–H groups in total. The normalized spacial score (nSPS) is 11.6. The minimum absolute atomic E-state index is 0.654. The number of rotatable bonds is 5. The molecule has 0 amide bonds. The van der Waals surface area contributed by atoms with E-state index in [1.165, 1.54) is 54.9 Å². The molecule has 0 unspecified atom stereocenters. The number of nitrogens with zero attached hydrogens (tertiary/aromatic N) is 3. The van der Waals surface area contributed by atoms with Crippen molar-refractivity contribution in [1.29, 1.82) is 5.26 Å². The molecule has 11 rings (SSSR count). The van der Waals surface area contributed by atoms with E-state index in [1.807, 2.05) is 48.5 Å². The van der Waals surface area contributed by atoms with Crippen molar-refractivity contribution in [3.05, 3.63) is 194 Å². The maximum Gasteiger partial charge on any atom is 0.160 e. The molecule has 0 saturated heterocycles. The van der Waals surface area contributed by atoms with E-state index in [-0.39, 0.29) is 0 Å². The minimum Gasteiger partial charge on any atom is -0.228 e. The molecule has 0 radical (unpaired) electrons. The largest absolute Gasteiger partial charge is 0.228 e. The van der Waals surface area contributed by atoms with Crippen molar-refractivity contribution in [2.24, 2.45) is 0 Å². The fourth-order valence-corrected chi connectivity index (χ4v) is 8.64. The molecule has 1 aliphatic carbocycles. The molecule has 0 saturated carbocycles. The Kier molecular flexibility index (Phi) is 7.23. The Hall–Kier alpha value is -7.67. The second-order valence-electron chi connectivity index (χ2n) is 14.4. The maximum absolute atomic E-state index is 9.56. The van der Waals surface area contributed by atoms with Gasteiger partial charge < -0.3 is 0 Å². The van der Waals surface area contributed by atoms with Gasteiger partial charge in [0, 0.05) is 16.7 Å². The molecular formula is C53H31N3. The van der Waals surface area contributed by atoms with Crippen molar-refractivity contribution >= 4 is 32.3 Å². The van der Waals surface area contributed by atoms with Gasteiger partial charge in [-0.05, 0) is 101 Å². The zero-order valence-electron chi connectivity index (χ0n) is 30.2. The van der Waals surface area contributed by atoms with Crippen molar-refractivity contribution in [2.75, 3.05) is 0 Å². The summed E-state index contributed by atoms with van der Waals surface area (Å²) >= 11 is 0. The zero-order chi connectivity index (χ0) is 37.2. The third-order valence-electron chi connectivity index (χ3n) is 11.3. The molecule has 258 valence electrons. The van der Waals surface area contributed by atoms with E-state index in [0.717, 1.165) is 50.0 Å². The first-order chi connectivity index (χ1) is 27.7. The highest BCUT2D eigenvalue weighted by Gasteiger charge is 2.25. The van der Waals surface area contributed by atoms with Gasteiger partial charge in [0.1, 0.15) is 0 Å². The lowest BCUT2D eigenvalue weighted by Crippen LogP contribution is -1.96. The Balaban J connectivity index is 1.13. The lowest BCUT2D eigenvalue weighted by molar-refractivity contribution is 1.18. The van der Waals surface area contributed by atoms with E-state index in [1.54, 1.807) is 0 Å². The monoisotopic (exact) mass is 709 g/mol. The van der Waals surface area contributed by atoms with Gasteiger partial charge in [0.2, 0.25) is 0 Å². The van der Waals surface area contributed by atoms with Crippen LogP contribution in [-0.4, -0.2) is 9.97 Å². The number of nitriles is 1. The van der Waals surface area contributed by atoms with E-state index < -0.39 is 0 Å². The molecule has 0 aliphatic heterocycles. The van der Waals surface area contributed by atoms with E-state index in [0.29, 0.717) is 11.4 Å². The highest BCUT2D eigenvalue weighted by atomic mass is 14.9. The summed E-state index contributed by atoms with van der Waals surface area (Å²) < 4.78 is 0. The van der Waals surface area contributed by atoms with Gasteiger partial charge in [0.25, 0.3) is 0 Å². The highest BCUT2D eigenvalue weighted by molar-refractivity contribution is 6.24. The van der Waals surface area contributed by atoms with Gasteiger partial charge in [0.15, 0.2) is 5.82 Å². The highest BCUT2D eigenvalue weighted by Crippen LogP contribution is 2.52. The van der Waals surface area contributed by atoms with Crippen LogP contribution in [0.1, 0.15) is 5.56 Å². The van der Waals surface area contributed by atoms with E-state index >= 15 is 0 Å². The van der Waals surface area contributed by atoms with Crippen molar-refractivity contribution in [2.45, 2.75) is 0 Å². The summed E-state index contributed by atoms with van der Waals surface area (Å²) in [7, 11) is 0. The summed E-state index contributed by atoms with van der Waals surface area (Å²) in [4.78, 5) is 10.3. The molecule has 0 bridgehead atoms. The molecule has 1 aliphatic rings. The van der Waals surface area contributed by atoms with Crippen LogP contribution in [0, 0.1) is 11.3 Å². The summed E-state index contributed by atoms with van der Waals surface area (Å²) in [5.41, 5.74) is 15.2. The van der Waals surface area contributed by atoms with Crippen molar-refractivity contribution in [3.63, 3.8) is 0 Å². The third kappa shape index (κ3) is 5.05. The van der Waals surface area contributed by atoms with Crippen LogP contribution < -0.4 is 0 Å². The predicted molar refractivity (Wildman–Crippen MR) is 231 cm³/mol. The number of hydrogen-bond acceptors (Lipinski definition) is 3. The van der Waals surface area contributed by atoms with Crippen LogP contribution in [0.25, 0.3) is 111 Å².